The predicted molar refractivity (Wildman–Crippen MR) is 310 cm³/mol. The van der Waals surface area contributed by atoms with Crippen LogP contribution in [-0.4, -0.2) is 19.1 Å². The van der Waals surface area contributed by atoms with E-state index in [0.29, 0.717) is 11.5 Å². The summed E-state index contributed by atoms with van der Waals surface area (Å²) in [4.78, 5) is 14.3. The summed E-state index contributed by atoms with van der Waals surface area (Å²) in [5, 5.41) is 4.53. The zero-order valence-corrected chi connectivity index (χ0v) is 44.6. The standard InChI is InChI=1S/C69H47N6O.Pt/c1-69(2,3)46-35-38-71-64(39-46)74-60-33-34-61-65(54-24-11-10-23-52(54)55-27-16-28-56-53-36-37-70-42-63(53)75(61)68(55)56)66(60)57-32-31-49(41-62(57)74)76-48-22-14-21-47(40-48)72-43-73(59-30-13-12-29-58(59)72)67-50(44-17-6-4-7-18-44)25-15-26-51(67)45-19-8-5-9-20-45;/h4-39,42-43H,1-3H3;/q-3;. The van der Waals surface area contributed by atoms with Gasteiger partial charge in [-0.2, -0.15) is 12.1 Å². The third-order valence-electron chi connectivity index (χ3n) is 15.3. The van der Waals surface area contributed by atoms with Gasteiger partial charge in [0.2, 0.25) is 0 Å². The Morgan fingerprint density at radius 2 is 1.16 bits per heavy atom. The number of pyridine rings is 2. The molecule has 13 aromatic rings. The van der Waals surface area contributed by atoms with Gasteiger partial charge in [0.15, 0.2) is 0 Å². The molecular formula is C69H47N6OPt-3. The van der Waals surface area contributed by atoms with E-state index in [0.717, 1.165) is 95.0 Å². The molecule has 2 aliphatic rings. The molecule has 7 nitrogen and oxygen atoms in total. The van der Waals surface area contributed by atoms with Gasteiger partial charge in [-0.05, 0) is 81.1 Å². The van der Waals surface area contributed by atoms with Gasteiger partial charge < -0.3 is 23.7 Å². The Kier molecular flexibility index (Phi) is 10.9. The van der Waals surface area contributed by atoms with Crippen LogP contribution in [0.4, 0.5) is 22.7 Å². The van der Waals surface area contributed by atoms with Crippen molar-refractivity contribution < 1.29 is 25.8 Å². The number of hydrogen-bond donors (Lipinski definition) is 0. The van der Waals surface area contributed by atoms with Crippen molar-refractivity contribution in [1.29, 1.82) is 0 Å². The summed E-state index contributed by atoms with van der Waals surface area (Å²) in [6.07, 6.45) is 5.82. The van der Waals surface area contributed by atoms with Crippen LogP contribution in [0.1, 0.15) is 26.3 Å². The van der Waals surface area contributed by atoms with Gasteiger partial charge in [0.1, 0.15) is 5.82 Å². The maximum absolute atomic E-state index is 6.90. The first kappa shape index (κ1) is 46.5. The fraction of sp³-hybridized carbons (Fsp3) is 0.0580. The van der Waals surface area contributed by atoms with Gasteiger partial charge in [-0.3, -0.25) is 4.98 Å². The minimum absolute atomic E-state index is 0. The molecule has 4 aromatic heterocycles. The minimum Gasteiger partial charge on any atom is -0.509 e. The van der Waals surface area contributed by atoms with E-state index in [-0.39, 0.29) is 26.5 Å². The third kappa shape index (κ3) is 7.36. The number of nitrogens with zero attached hydrogens (tertiary/aromatic N) is 6. The number of anilines is 4. The van der Waals surface area contributed by atoms with Crippen molar-refractivity contribution in [2.45, 2.75) is 26.2 Å². The number of aromatic nitrogens is 4. The van der Waals surface area contributed by atoms with E-state index in [2.05, 4.69) is 252 Å². The Hall–Kier alpha value is -9.03. The first-order valence-electron chi connectivity index (χ1n) is 25.8. The van der Waals surface area contributed by atoms with Crippen molar-refractivity contribution in [3.8, 4) is 67.5 Å². The molecule has 0 atom stereocenters. The molecule has 9 aromatic carbocycles. The summed E-state index contributed by atoms with van der Waals surface area (Å²) in [5.41, 5.74) is 19.6. The van der Waals surface area contributed by atoms with Crippen LogP contribution < -0.4 is 14.5 Å². The van der Waals surface area contributed by atoms with Crippen molar-refractivity contribution in [3.05, 3.63) is 249 Å². The summed E-state index contributed by atoms with van der Waals surface area (Å²) in [6.45, 7) is 8.91. The number of rotatable bonds is 7. The van der Waals surface area contributed by atoms with E-state index in [4.69, 9.17) is 9.72 Å². The molecule has 0 spiro atoms. The SMILES string of the molecule is CC(C)(C)c1ccnc(-n2c3[c-]c(Oc4[c-]c(N5[CH-]N(c6c(-c7ccccc7)cccc6-c6ccccc6)c6ccccc65)ccc4)ccc3c3c4c(ccc32)-n2c3cnccc3c3cccc(c32)-c2ccccc2-4)c1.[Pt]. The van der Waals surface area contributed by atoms with Crippen LogP contribution in [0.5, 0.6) is 11.5 Å². The maximum atomic E-state index is 6.90. The zero-order valence-electron chi connectivity index (χ0n) is 42.3. The minimum atomic E-state index is -0.105. The molecule has 0 bridgehead atoms. The largest absolute Gasteiger partial charge is 0.509 e. The molecule has 0 fully saturated rings. The molecule has 15 rings (SSSR count). The quantitative estimate of drug-likeness (QED) is 0.149. The van der Waals surface area contributed by atoms with E-state index < -0.39 is 0 Å². The van der Waals surface area contributed by atoms with E-state index in [1.165, 1.54) is 33.0 Å². The predicted octanol–water partition coefficient (Wildman–Crippen LogP) is 17.7. The molecule has 372 valence electrons. The second-order valence-corrected chi connectivity index (χ2v) is 20.7. The topological polar surface area (TPSA) is 51.4 Å². The fourth-order valence-corrected chi connectivity index (χ4v) is 11.8. The van der Waals surface area contributed by atoms with Gasteiger partial charge >= 0.3 is 0 Å². The van der Waals surface area contributed by atoms with Gasteiger partial charge in [0.05, 0.1) is 22.9 Å². The average Bonchev–Trinajstić information content (AvgIpc) is 4.29. The van der Waals surface area contributed by atoms with Gasteiger partial charge in [-0.25, -0.2) is 4.98 Å². The first-order chi connectivity index (χ1) is 37.4. The van der Waals surface area contributed by atoms with E-state index in [9.17, 15) is 0 Å². The summed E-state index contributed by atoms with van der Waals surface area (Å²) in [5.74, 6) is 1.95. The normalized spacial score (nSPS) is 12.7. The summed E-state index contributed by atoms with van der Waals surface area (Å²) >= 11 is 0. The van der Waals surface area contributed by atoms with Crippen molar-refractivity contribution in [3.63, 3.8) is 0 Å². The summed E-state index contributed by atoms with van der Waals surface area (Å²) < 4.78 is 11.6. The monoisotopic (exact) mass is 1170 g/mol. The van der Waals surface area contributed by atoms with Gasteiger partial charge in [-0.1, -0.05) is 160 Å². The maximum Gasteiger partial charge on any atom is 0.135 e. The number of fused-ring (bicyclic) bond motifs is 13. The van der Waals surface area contributed by atoms with Crippen LogP contribution in [0.25, 0.3) is 99.6 Å². The Bertz CT molecular complexity index is 4420. The molecule has 8 heteroatoms. The third-order valence-corrected chi connectivity index (χ3v) is 15.3. The van der Waals surface area contributed by atoms with Crippen LogP contribution >= 0.6 is 0 Å². The van der Waals surface area contributed by atoms with E-state index >= 15 is 0 Å². The number of para-hydroxylation sites is 4. The molecule has 0 radical (unpaired) electrons. The number of benzene rings is 9. The van der Waals surface area contributed by atoms with Crippen LogP contribution in [0.2, 0.25) is 0 Å². The smallest absolute Gasteiger partial charge is 0.135 e. The second-order valence-electron chi connectivity index (χ2n) is 20.7. The van der Waals surface area contributed by atoms with Crippen molar-refractivity contribution in [1.82, 2.24) is 19.1 Å². The molecule has 0 N–H and O–H groups in total. The molecule has 0 saturated heterocycles. The fourth-order valence-electron chi connectivity index (χ4n) is 11.8. The second kappa shape index (κ2) is 18.1. The molecule has 2 aliphatic heterocycles. The van der Waals surface area contributed by atoms with E-state index in [1.807, 2.05) is 36.8 Å². The Morgan fingerprint density at radius 3 is 1.92 bits per heavy atom. The van der Waals surface area contributed by atoms with Crippen LogP contribution in [0.15, 0.2) is 225 Å². The molecular weight excluding hydrogens is 1120 g/mol. The van der Waals surface area contributed by atoms with Crippen molar-refractivity contribution in [2.75, 3.05) is 9.80 Å². The molecule has 77 heavy (non-hydrogen) atoms. The molecule has 0 saturated carbocycles. The number of ether oxygens (including phenoxy) is 1. The van der Waals surface area contributed by atoms with Crippen LogP contribution in [-0.2, 0) is 26.5 Å². The van der Waals surface area contributed by atoms with Crippen LogP contribution in [0, 0.1) is 18.8 Å². The Labute approximate surface area is 461 Å². The summed E-state index contributed by atoms with van der Waals surface area (Å²) in [6, 6.07) is 80.7. The zero-order chi connectivity index (χ0) is 50.6. The molecule has 6 heterocycles. The average molecular weight is 1170 g/mol. The molecule has 0 amide bonds. The summed E-state index contributed by atoms with van der Waals surface area (Å²) in [7, 11) is 0. The van der Waals surface area contributed by atoms with Gasteiger partial charge in [0, 0.05) is 101 Å². The first-order valence-corrected chi connectivity index (χ1v) is 25.8. The van der Waals surface area contributed by atoms with Gasteiger partial charge in [0.25, 0.3) is 0 Å². The molecule has 0 aliphatic carbocycles. The Morgan fingerprint density at radius 1 is 0.494 bits per heavy atom. The van der Waals surface area contributed by atoms with Crippen LogP contribution in [0.3, 0.4) is 0 Å². The number of hydrogen-bond acceptors (Lipinski definition) is 5. The van der Waals surface area contributed by atoms with E-state index in [1.54, 1.807) is 0 Å². The van der Waals surface area contributed by atoms with Crippen molar-refractivity contribution >= 4 is 66.4 Å². The van der Waals surface area contributed by atoms with Gasteiger partial charge in [-0.15, -0.1) is 48.1 Å². The van der Waals surface area contributed by atoms with Crippen molar-refractivity contribution in [2.24, 2.45) is 0 Å². The molecule has 0 unspecified atom stereocenters. The Balaban J connectivity index is 0.00000540.